The molecule has 1 aliphatic rings. The highest BCUT2D eigenvalue weighted by Crippen LogP contribution is 2.20. The molecule has 1 fully saturated rings. The quantitative estimate of drug-likeness (QED) is 0.475. The first-order chi connectivity index (χ1) is 14.5. The Hall–Kier alpha value is -3.23. The first kappa shape index (κ1) is 21.5. The maximum Gasteiger partial charge on any atom is 0.227 e. The number of carbonyl (C=O) groups is 1. The number of anilines is 2. The van der Waals surface area contributed by atoms with Gasteiger partial charge in [-0.05, 0) is 44.5 Å². The number of pyridine rings is 2. The van der Waals surface area contributed by atoms with Crippen LogP contribution in [0.15, 0.2) is 41.5 Å². The maximum absolute atomic E-state index is 14.0. The molecule has 0 aliphatic carbocycles. The van der Waals surface area contributed by atoms with Crippen molar-refractivity contribution in [2.75, 3.05) is 36.4 Å². The molecule has 30 heavy (non-hydrogen) atoms. The van der Waals surface area contributed by atoms with E-state index in [9.17, 15) is 9.18 Å². The molecule has 2 aromatic heterocycles. The minimum atomic E-state index is -0.312. The van der Waals surface area contributed by atoms with Gasteiger partial charge in [-0.1, -0.05) is 6.07 Å². The lowest BCUT2D eigenvalue weighted by molar-refractivity contribution is -0.116. The molecule has 3 rings (SSSR count). The Kier molecular flexibility index (Phi) is 7.53. The van der Waals surface area contributed by atoms with E-state index in [0.717, 1.165) is 18.7 Å². The number of carbonyl (C=O) groups excluding carboxylic acids is 1. The van der Waals surface area contributed by atoms with E-state index in [1.807, 2.05) is 30.9 Å². The highest BCUT2D eigenvalue weighted by Gasteiger charge is 2.25. The summed E-state index contributed by atoms with van der Waals surface area (Å²) < 4.78 is 14.0. The molecule has 1 amide bonds. The monoisotopic (exact) mass is 413 g/mol. The third-order valence-corrected chi connectivity index (χ3v) is 4.68. The Morgan fingerprint density at radius 1 is 1.33 bits per heavy atom. The molecular weight excluding hydrogens is 385 g/mol. The van der Waals surface area contributed by atoms with E-state index in [0.29, 0.717) is 37.2 Å². The minimum Gasteiger partial charge on any atom is -0.357 e. The second-order valence-electron chi connectivity index (χ2n) is 7.11. The fourth-order valence-corrected chi connectivity index (χ4v) is 3.28. The fraction of sp³-hybridized carbons (Fsp3) is 0.429. The van der Waals surface area contributed by atoms with Crippen LogP contribution in [0.5, 0.6) is 0 Å². The van der Waals surface area contributed by atoms with Crippen LogP contribution in [0, 0.1) is 12.7 Å². The number of rotatable bonds is 7. The second-order valence-corrected chi connectivity index (χ2v) is 7.11. The molecule has 0 saturated carbocycles. The van der Waals surface area contributed by atoms with Gasteiger partial charge in [-0.3, -0.25) is 9.79 Å². The van der Waals surface area contributed by atoms with Gasteiger partial charge >= 0.3 is 0 Å². The second kappa shape index (κ2) is 10.5. The number of nitrogens with zero attached hydrogens (tertiary/aromatic N) is 4. The van der Waals surface area contributed by atoms with E-state index in [4.69, 9.17) is 0 Å². The first-order valence-corrected chi connectivity index (χ1v) is 10.2. The largest absolute Gasteiger partial charge is 0.357 e. The van der Waals surface area contributed by atoms with Crippen molar-refractivity contribution < 1.29 is 9.18 Å². The summed E-state index contributed by atoms with van der Waals surface area (Å²) in [5.74, 6) is 1.12. The molecule has 8 nitrogen and oxygen atoms in total. The molecule has 3 N–H and O–H groups in total. The zero-order chi connectivity index (χ0) is 21.3. The number of amides is 1. The lowest BCUT2D eigenvalue weighted by atomic mass is 10.3. The third kappa shape index (κ3) is 6.13. The SMILES string of the molecule is CCNC(=NCCC(=O)Nc1cccc(C)n1)NC1CCN(c2ncccc2F)C1. The predicted molar refractivity (Wildman–Crippen MR) is 116 cm³/mol. The minimum absolute atomic E-state index is 0.120. The Morgan fingerprint density at radius 3 is 2.97 bits per heavy atom. The normalized spacial score (nSPS) is 16.4. The van der Waals surface area contributed by atoms with Gasteiger partial charge in [0.15, 0.2) is 17.6 Å². The number of halogens is 1. The van der Waals surface area contributed by atoms with Crippen molar-refractivity contribution in [3.63, 3.8) is 0 Å². The van der Waals surface area contributed by atoms with Crippen LogP contribution in [-0.2, 0) is 4.79 Å². The predicted octanol–water partition coefficient (Wildman–Crippen LogP) is 2.09. The van der Waals surface area contributed by atoms with Crippen LogP contribution in [0.4, 0.5) is 16.0 Å². The van der Waals surface area contributed by atoms with Gasteiger partial charge in [-0.25, -0.2) is 14.4 Å². The van der Waals surface area contributed by atoms with Crippen LogP contribution < -0.4 is 20.9 Å². The summed E-state index contributed by atoms with van der Waals surface area (Å²) in [4.78, 5) is 27.0. The highest BCUT2D eigenvalue weighted by molar-refractivity contribution is 5.90. The van der Waals surface area contributed by atoms with E-state index in [1.54, 1.807) is 18.3 Å². The summed E-state index contributed by atoms with van der Waals surface area (Å²) in [5, 5.41) is 9.34. The smallest absolute Gasteiger partial charge is 0.227 e. The molecule has 1 atom stereocenters. The fourth-order valence-electron chi connectivity index (χ4n) is 3.28. The van der Waals surface area contributed by atoms with Gasteiger partial charge in [0.05, 0.1) is 6.54 Å². The Morgan fingerprint density at radius 2 is 2.20 bits per heavy atom. The molecule has 2 aromatic rings. The van der Waals surface area contributed by atoms with Gasteiger partial charge in [0.25, 0.3) is 0 Å². The standard InChI is InChI=1S/C21H28FN7O/c1-3-23-21(25-12-9-19(30)28-18-8-4-6-15(2)26-18)27-16-10-13-29(14-16)20-17(22)7-5-11-24-20/h4-8,11,16H,3,9-10,12-14H2,1-2H3,(H2,23,25,27)(H,26,28,30). The number of guanidine groups is 1. The van der Waals surface area contributed by atoms with E-state index in [-0.39, 0.29) is 24.2 Å². The maximum atomic E-state index is 14.0. The average molecular weight is 414 g/mol. The molecule has 0 aromatic carbocycles. The molecule has 1 unspecified atom stereocenters. The van der Waals surface area contributed by atoms with E-state index in [2.05, 4.69) is 30.9 Å². The number of aromatic nitrogens is 2. The van der Waals surface area contributed by atoms with Gasteiger partial charge < -0.3 is 20.9 Å². The van der Waals surface area contributed by atoms with Gasteiger partial charge in [0.1, 0.15) is 5.82 Å². The van der Waals surface area contributed by atoms with E-state index in [1.165, 1.54) is 6.07 Å². The van der Waals surface area contributed by atoms with E-state index >= 15 is 0 Å². The van der Waals surface area contributed by atoms with Crippen LogP contribution in [0.25, 0.3) is 0 Å². The lowest BCUT2D eigenvalue weighted by Gasteiger charge is -2.19. The van der Waals surface area contributed by atoms with Crippen molar-refractivity contribution in [2.45, 2.75) is 32.7 Å². The summed E-state index contributed by atoms with van der Waals surface area (Å²) in [5.41, 5.74) is 0.848. The number of aliphatic imine (C=N–C) groups is 1. The highest BCUT2D eigenvalue weighted by atomic mass is 19.1. The Balaban J connectivity index is 1.50. The first-order valence-electron chi connectivity index (χ1n) is 10.2. The summed E-state index contributed by atoms with van der Waals surface area (Å²) in [6, 6.07) is 8.62. The van der Waals surface area contributed by atoms with Crippen LogP contribution in [0.2, 0.25) is 0 Å². The summed E-state index contributed by atoms with van der Waals surface area (Å²) in [7, 11) is 0. The van der Waals surface area contributed by atoms with Crippen molar-refractivity contribution in [1.82, 2.24) is 20.6 Å². The zero-order valence-corrected chi connectivity index (χ0v) is 17.4. The summed E-state index contributed by atoms with van der Waals surface area (Å²) in [6.45, 7) is 6.27. The summed E-state index contributed by atoms with van der Waals surface area (Å²) in [6.07, 6.45) is 2.70. The molecule has 160 valence electrons. The Labute approximate surface area is 176 Å². The molecule has 1 aliphatic heterocycles. The van der Waals surface area contributed by atoms with Crippen LogP contribution in [-0.4, -0.2) is 54.1 Å². The van der Waals surface area contributed by atoms with Gasteiger partial charge in [-0.15, -0.1) is 0 Å². The lowest BCUT2D eigenvalue weighted by Crippen LogP contribution is -2.44. The van der Waals surface area contributed by atoms with Crippen molar-refractivity contribution in [3.8, 4) is 0 Å². The van der Waals surface area contributed by atoms with Gasteiger partial charge in [-0.2, -0.15) is 0 Å². The number of aryl methyl sites for hydroxylation is 1. The van der Waals surface area contributed by atoms with E-state index < -0.39 is 0 Å². The summed E-state index contributed by atoms with van der Waals surface area (Å²) >= 11 is 0. The van der Waals surface area contributed by atoms with Crippen LogP contribution in [0.1, 0.15) is 25.5 Å². The molecule has 3 heterocycles. The van der Waals surface area contributed by atoms with Gasteiger partial charge in [0, 0.05) is 44.0 Å². The van der Waals surface area contributed by atoms with Gasteiger partial charge in [0.2, 0.25) is 5.91 Å². The number of nitrogens with one attached hydrogen (secondary N) is 3. The van der Waals surface area contributed by atoms with Crippen LogP contribution in [0.3, 0.4) is 0 Å². The molecule has 9 heteroatoms. The van der Waals surface area contributed by atoms with Crippen LogP contribution >= 0.6 is 0 Å². The van der Waals surface area contributed by atoms with Crippen molar-refractivity contribution >= 4 is 23.5 Å². The molecule has 0 spiro atoms. The number of hydrogen-bond acceptors (Lipinski definition) is 5. The topological polar surface area (TPSA) is 94.5 Å². The zero-order valence-electron chi connectivity index (χ0n) is 17.4. The van der Waals surface area contributed by atoms with Crippen molar-refractivity contribution in [1.29, 1.82) is 0 Å². The molecule has 0 radical (unpaired) electrons. The van der Waals surface area contributed by atoms with Crippen molar-refractivity contribution in [2.24, 2.45) is 4.99 Å². The molecule has 1 saturated heterocycles. The van der Waals surface area contributed by atoms with Crippen molar-refractivity contribution in [3.05, 3.63) is 48.0 Å². The molecule has 0 bridgehead atoms. The average Bonchev–Trinajstić information content (AvgIpc) is 3.16. The molecular formula is C21H28FN7O. The number of hydrogen-bond donors (Lipinski definition) is 3. The Bertz CT molecular complexity index is 889. The third-order valence-electron chi connectivity index (χ3n) is 4.68.